The number of para-hydroxylation sites is 1. The van der Waals surface area contributed by atoms with Crippen LogP contribution in [-0.2, 0) is 14.8 Å². The minimum atomic E-state index is -3.50. The third kappa shape index (κ3) is 2.94. The third-order valence-corrected chi connectivity index (χ3v) is 4.61. The number of hydrogen-bond acceptors (Lipinski definition) is 4. The molecule has 0 radical (unpaired) electrons. The second kappa shape index (κ2) is 5.65. The normalized spacial score (nSPS) is 21.5. The Morgan fingerprint density at radius 2 is 1.95 bits per heavy atom. The van der Waals surface area contributed by atoms with E-state index in [9.17, 15) is 13.2 Å². The summed E-state index contributed by atoms with van der Waals surface area (Å²) in [7, 11) is -3.50. The zero-order valence-electron chi connectivity index (χ0n) is 11.3. The molecule has 0 spiro atoms. The molecule has 1 aliphatic heterocycles. The second-order valence-electron chi connectivity index (χ2n) is 4.53. The molecule has 2 rings (SSSR count). The highest BCUT2D eigenvalue weighted by molar-refractivity contribution is 7.90. The number of sulfonamides is 1. The highest BCUT2D eigenvalue weighted by Crippen LogP contribution is 2.33. The molecule has 1 aromatic rings. The summed E-state index contributed by atoms with van der Waals surface area (Å²) in [5.74, 6) is -0.687. The van der Waals surface area contributed by atoms with Gasteiger partial charge in [-0.1, -0.05) is 18.2 Å². The van der Waals surface area contributed by atoms with Crippen molar-refractivity contribution in [1.82, 2.24) is 9.37 Å². The van der Waals surface area contributed by atoms with Crippen LogP contribution in [0.15, 0.2) is 66.5 Å². The smallest absolute Gasteiger partial charge is 0.288 e. The van der Waals surface area contributed by atoms with E-state index >= 15 is 0 Å². The van der Waals surface area contributed by atoms with Crippen LogP contribution in [0.4, 0.5) is 5.69 Å². The van der Waals surface area contributed by atoms with Gasteiger partial charge in [0, 0.05) is 29.9 Å². The molecule has 0 saturated carbocycles. The first-order valence-corrected chi connectivity index (χ1v) is 7.92. The van der Waals surface area contributed by atoms with E-state index in [0.29, 0.717) is 11.3 Å². The van der Waals surface area contributed by atoms with Gasteiger partial charge in [0.25, 0.3) is 5.91 Å². The van der Waals surface area contributed by atoms with E-state index < -0.39 is 19.8 Å². The molecule has 1 amide bonds. The molecular weight excluding hydrogens is 292 g/mol. The van der Waals surface area contributed by atoms with Crippen LogP contribution in [0.5, 0.6) is 0 Å². The molecule has 0 aromatic heterocycles. The predicted molar refractivity (Wildman–Crippen MR) is 79.4 cm³/mol. The molecule has 0 fully saturated rings. The second-order valence-corrected chi connectivity index (χ2v) is 6.60. The molecule has 0 saturated heterocycles. The van der Waals surface area contributed by atoms with Gasteiger partial charge in [-0.05, 0) is 6.08 Å². The van der Waals surface area contributed by atoms with Crippen molar-refractivity contribution >= 4 is 21.6 Å². The molecule has 0 aliphatic carbocycles. The predicted octanol–water partition coefficient (Wildman–Crippen LogP) is 1.43. The maximum atomic E-state index is 12.2. The zero-order valence-corrected chi connectivity index (χ0v) is 12.1. The van der Waals surface area contributed by atoms with E-state index in [2.05, 4.69) is 0 Å². The van der Waals surface area contributed by atoms with Gasteiger partial charge in [-0.25, -0.2) is 5.48 Å². The summed E-state index contributed by atoms with van der Waals surface area (Å²) in [4.78, 5) is 11.0. The van der Waals surface area contributed by atoms with Gasteiger partial charge >= 0.3 is 10.0 Å². The Kier molecular flexibility index (Phi) is 4.08. The number of rotatable bonds is 4. The maximum Gasteiger partial charge on any atom is 0.307 e. The van der Waals surface area contributed by atoms with Crippen molar-refractivity contribution in [3.8, 4) is 0 Å². The van der Waals surface area contributed by atoms with E-state index in [1.54, 1.807) is 36.4 Å². The summed E-state index contributed by atoms with van der Waals surface area (Å²) in [5, 5.41) is 8.43. The average Bonchev–Trinajstić information content (AvgIpc) is 2.91. The van der Waals surface area contributed by atoms with Crippen molar-refractivity contribution < 1.29 is 18.4 Å². The molecule has 1 aromatic carbocycles. The molecule has 1 aliphatic rings. The lowest BCUT2D eigenvalue weighted by atomic mass is 10.2. The zero-order chi connectivity index (χ0) is 15.5. The Labute approximate surface area is 122 Å². The summed E-state index contributed by atoms with van der Waals surface area (Å²) in [6.45, 7) is 0. The quantitative estimate of drug-likeness (QED) is 0.381. The number of allylic oxidation sites excluding steroid dienone is 3. The van der Waals surface area contributed by atoms with Crippen molar-refractivity contribution in [2.24, 2.45) is 0 Å². The molecule has 0 bridgehead atoms. The van der Waals surface area contributed by atoms with Crippen molar-refractivity contribution in [3.63, 3.8) is 0 Å². The van der Waals surface area contributed by atoms with Crippen LogP contribution in [0.2, 0.25) is 0 Å². The van der Waals surface area contributed by atoms with Crippen LogP contribution in [0.25, 0.3) is 0 Å². The number of nitrogens with one attached hydrogen (secondary N) is 1. The summed E-state index contributed by atoms with van der Waals surface area (Å²) in [6, 6.07) is 8.76. The molecule has 6 nitrogen and oxygen atoms in total. The first-order valence-electron chi connectivity index (χ1n) is 6.07. The number of hydrogen-bond donors (Lipinski definition) is 2. The van der Waals surface area contributed by atoms with Crippen LogP contribution >= 0.6 is 0 Å². The van der Waals surface area contributed by atoms with Crippen LogP contribution < -0.4 is 9.37 Å². The standard InChI is InChI=1S/C14H14N2O4S/c1-21(19,20)16(13-5-3-2-4-6-13)10-9-12(11-16)7-8-14(17)15-18/h2-11H,1H3,(H-,15,17,18)/p+1. The molecule has 7 heteroatoms. The Balaban J connectivity index is 2.48. The lowest BCUT2D eigenvalue weighted by Gasteiger charge is -2.25. The van der Waals surface area contributed by atoms with Gasteiger partial charge in [0.2, 0.25) is 0 Å². The fraction of sp³-hybridized carbons (Fsp3) is 0.0714. The SMILES string of the molecule is CS(=O)(=O)[N+]1(c2ccccc2)C=CC(C=CC(=O)NO)=C1. The lowest BCUT2D eigenvalue weighted by Crippen LogP contribution is -2.42. The number of carbonyl (C=O) groups excluding carboxylic acids is 1. The van der Waals surface area contributed by atoms with Crippen molar-refractivity contribution in [3.05, 3.63) is 66.5 Å². The van der Waals surface area contributed by atoms with Gasteiger partial charge in [-0.2, -0.15) is 8.42 Å². The van der Waals surface area contributed by atoms with Crippen molar-refractivity contribution in [2.45, 2.75) is 0 Å². The number of benzene rings is 1. The fourth-order valence-electron chi connectivity index (χ4n) is 2.03. The van der Waals surface area contributed by atoms with Gasteiger partial charge in [0.15, 0.2) is 5.69 Å². The Bertz CT molecular complexity index is 735. The molecular formula is C14H15N2O4S+. The van der Waals surface area contributed by atoms with Crippen LogP contribution in [0, 0.1) is 0 Å². The van der Waals surface area contributed by atoms with E-state index in [1.807, 2.05) is 0 Å². The van der Waals surface area contributed by atoms with E-state index in [4.69, 9.17) is 5.21 Å². The molecule has 110 valence electrons. The number of carbonyl (C=O) groups is 1. The van der Waals surface area contributed by atoms with Gasteiger partial charge < -0.3 is 0 Å². The summed E-state index contributed by atoms with van der Waals surface area (Å²) in [6.07, 6.45) is 8.34. The first-order chi connectivity index (χ1) is 9.89. The monoisotopic (exact) mass is 307 g/mol. The fourth-order valence-corrected chi connectivity index (χ4v) is 3.13. The van der Waals surface area contributed by atoms with Crippen molar-refractivity contribution in [1.29, 1.82) is 0 Å². The lowest BCUT2D eigenvalue weighted by molar-refractivity contribution is -0.124. The largest absolute Gasteiger partial charge is 0.307 e. The van der Waals surface area contributed by atoms with E-state index in [1.165, 1.54) is 24.0 Å². The van der Waals surface area contributed by atoms with Gasteiger partial charge in [-0.3, -0.25) is 10.0 Å². The van der Waals surface area contributed by atoms with Gasteiger partial charge in [0.05, 0.1) is 6.26 Å². The van der Waals surface area contributed by atoms with Crippen LogP contribution in [0.3, 0.4) is 0 Å². The highest BCUT2D eigenvalue weighted by Gasteiger charge is 2.40. The molecule has 1 atom stereocenters. The first kappa shape index (κ1) is 15.2. The summed E-state index contributed by atoms with van der Waals surface area (Å²) in [5.41, 5.74) is 2.60. The molecule has 21 heavy (non-hydrogen) atoms. The average molecular weight is 307 g/mol. The number of amides is 1. The van der Waals surface area contributed by atoms with E-state index in [0.717, 1.165) is 12.3 Å². The van der Waals surface area contributed by atoms with Crippen molar-refractivity contribution in [2.75, 3.05) is 6.26 Å². The summed E-state index contributed by atoms with van der Waals surface area (Å²) >= 11 is 0. The van der Waals surface area contributed by atoms with Gasteiger partial charge in [0.1, 0.15) is 12.4 Å². The van der Waals surface area contributed by atoms with Crippen LogP contribution in [0.1, 0.15) is 0 Å². The number of hydroxylamine groups is 1. The van der Waals surface area contributed by atoms with E-state index in [-0.39, 0.29) is 0 Å². The highest BCUT2D eigenvalue weighted by atomic mass is 32.2. The molecule has 2 N–H and O–H groups in total. The maximum absolute atomic E-state index is 12.2. The number of nitrogens with zero attached hydrogens (tertiary/aromatic N) is 1. The Hall–Kier alpha value is -2.22. The summed E-state index contributed by atoms with van der Waals surface area (Å²) < 4.78 is 24.0. The third-order valence-electron chi connectivity index (χ3n) is 3.08. The topological polar surface area (TPSA) is 83.5 Å². The molecule has 1 heterocycles. The minimum Gasteiger partial charge on any atom is -0.288 e. The van der Waals surface area contributed by atoms with Gasteiger partial charge in [-0.15, -0.1) is 3.89 Å². The minimum absolute atomic E-state index is 0.450. The van der Waals surface area contributed by atoms with Crippen LogP contribution in [-0.4, -0.2) is 25.8 Å². The molecule has 1 unspecified atom stereocenters. The Morgan fingerprint density at radius 1 is 1.29 bits per heavy atom. The number of quaternary nitrogens is 1. The Morgan fingerprint density at radius 3 is 2.52 bits per heavy atom.